The minimum absolute atomic E-state index is 0.0173. The number of guanidine groups is 1. The molecule has 1 atom stereocenters. The van der Waals surface area contributed by atoms with Crippen molar-refractivity contribution in [2.75, 3.05) is 6.54 Å². The number of rotatable bonds is 7. The van der Waals surface area contributed by atoms with Gasteiger partial charge in [0.15, 0.2) is 5.96 Å². The number of carboxylic acid groups (broad SMARTS) is 1. The quantitative estimate of drug-likeness (QED) is 0.383. The van der Waals surface area contributed by atoms with Gasteiger partial charge < -0.3 is 16.6 Å². The van der Waals surface area contributed by atoms with Crippen LogP contribution < -0.4 is 11.5 Å². The zero-order valence-corrected chi connectivity index (χ0v) is 10.6. The number of carboxylic acids is 1. The maximum Gasteiger partial charge on any atom is 0.328 e. The van der Waals surface area contributed by atoms with E-state index in [4.69, 9.17) is 16.6 Å². The Morgan fingerprint density at radius 2 is 2.33 bits per heavy atom. The molecule has 7 heteroatoms. The molecule has 0 aromatic carbocycles. The first-order chi connectivity index (χ1) is 8.59. The lowest BCUT2D eigenvalue weighted by molar-refractivity contribution is -0.138. The van der Waals surface area contributed by atoms with Crippen LogP contribution in [-0.4, -0.2) is 35.8 Å². The SMILES string of the molecule is NC(N)=NCCC[C@H](N=Cc1ccsc1)C(=O)O. The van der Waals surface area contributed by atoms with E-state index in [0.717, 1.165) is 5.56 Å². The number of hydrogen-bond donors (Lipinski definition) is 3. The summed E-state index contributed by atoms with van der Waals surface area (Å²) in [6.45, 7) is 0.417. The molecular weight excluding hydrogens is 252 g/mol. The second-order valence-corrected chi connectivity index (χ2v) is 4.42. The monoisotopic (exact) mass is 268 g/mol. The average molecular weight is 268 g/mol. The highest BCUT2D eigenvalue weighted by atomic mass is 32.1. The Morgan fingerprint density at radius 3 is 2.89 bits per heavy atom. The fourth-order valence-electron chi connectivity index (χ4n) is 1.28. The molecule has 0 saturated carbocycles. The van der Waals surface area contributed by atoms with Crippen LogP contribution in [0.4, 0.5) is 0 Å². The first-order valence-electron chi connectivity index (χ1n) is 5.43. The molecule has 98 valence electrons. The number of carbonyl (C=O) groups is 1. The fraction of sp³-hybridized carbons (Fsp3) is 0.364. The number of aliphatic carboxylic acids is 1. The first kappa shape index (κ1) is 14.2. The van der Waals surface area contributed by atoms with Crippen LogP contribution in [0, 0.1) is 0 Å². The van der Waals surface area contributed by atoms with Crippen molar-refractivity contribution in [1.82, 2.24) is 0 Å². The van der Waals surface area contributed by atoms with Gasteiger partial charge in [-0.3, -0.25) is 9.98 Å². The third kappa shape index (κ3) is 5.44. The summed E-state index contributed by atoms with van der Waals surface area (Å²) in [5.74, 6) is -0.921. The highest BCUT2D eigenvalue weighted by molar-refractivity contribution is 7.08. The molecule has 0 aliphatic heterocycles. The predicted octanol–water partition coefficient (Wildman–Crippen LogP) is 0.674. The molecule has 0 radical (unpaired) electrons. The molecule has 0 amide bonds. The van der Waals surface area contributed by atoms with Crippen molar-refractivity contribution in [3.8, 4) is 0 Å². The summed E-state index contributed by atoms with van der Waals surface area (Å²) < 4.78 is 0. The highest BCUT2D eigenvalue weighted by Gasteiger charge is 2.14. The number of nitrogens with zero attached hydrogens (tertiary/aromatic N) is 2. The molecule has 0 spiro atoms. The van der Waals surface area contributed by atoms with Gasteiger partial charge in [0.25, 0.3) is 0 Å². The first-order valence-corrected chi connectivity index (χ1v) is 6.37. The normalized spacial score (nSPS) is 12.4. The van der Waals surface area contributed by atoms with E-state index in [1.165, 1.54) is 0 Å². The van der Waals surface area contributed by atoms with Gasteiger partial charge in [-0.25, -0.2) is 4.79 Å². The average Bonchev–Trinajstić information content (AvgIpc) is 2.80. The Morgan fingerprint density at radius 1 is 1.56 bits per heavy atom. The van der Waals surface area contributed by atoms with Gasteiger partial charge in [-0.2, -0.15) is 11.3 Å². The van der Waals surface area contributed by atoms with Gasteiger partial charge in [0.05, 0.1) is 0 Å². The van der Waals surface area contributed by atoms with Crippen molar-refractivity contribution in [1.29, 1.82) is 0 Å². The predicted molar refractivity (Wildman–Crippen MR) is 73.2 cm³/mol. The molecule has 1 rings (SSSR count). The molecule has 1 aromatic heterocycles. The number of nitrogens with two attached hydrogens (primary N) is 2. The lowest BCUT2D eigenvalue weighted by Crippen LogP contribution is -2.23. The van der Waals surface area contributed by atoms with Gasteiger partial charge in [0.2, 0.25) is 0 Å². The molecular formula is C11H16N4O2S. The third-order valence-electron chi connectivity index (χ3n) is 2.16. The summed E-state index contributed by atoms with van der Waals surface area (Å²) >= 11 is 1.54. The van der Waals surface area contributed by atoms with Crippen LogP contribution in [0.1, 0.15) is 18.4 Å². The van der Waals surface area contributed by atoms with Gasteiger partial charge in [0, 0.05) is 18.3 Å². The van der Waals surface area contributed by atoms with E-state index >= 15 is 0 Å². The zero-order chi connectivity index (χ0) is 13.4. The zero-order valence-electron chi connectivity index (χ0n) is 9.82. The van der Waals surface area contributed by atoms with E-state index in [1.807, 2.05) is 16.8 Å². The van der Waals surface area contributed by atoms with Crippen LogP contribution in [0.15, 0.2) is 26.8 Å². The standard InChI is InChI=1S/C11H16N4O2S/c12-11(13)14-4-1-2-9(10(16)17)15-6-8-3-5-18-7-8/h3,5-7,9H,1-2,4H2,(H,16,17)(H4,12,13,14)/t9-/m0/s1. The minimum atomic E-state index is -0.939. The minimum Gasteiger partial charge on any atom is -0.480 e. The van der Waals surface area contributed by atoms with E-state index in [1.54, 1.807) is 17.6 Å². The largest absolute Gasteiger partial charge is 0.480 e. The molecule has 0 aliphatic carbocycles. The molecule has 1 aromatic rings. The van der Waals surface area contributed by atoms with E-state index in [0.29, 0.717) is 19.4 Å². The molecule has 18 heavy (non-hydrogen) atoms. The summed E-state index contributed by atoms with van der Waals surface area (Å²) in [6, 6.07) is 1.13. The van der Waals surface area contributed by atoms with Crippen molar-refractivity contribution in [2.24, 2.45) is 21.5 Å². The lowest BCUT2D eigenvalue weighted by Gasteiger charge is -2.05. The van der Waals surface area contributed by atoms with Crippen LogP contribution in [0.25, 0.3) is 0 Å². The van der Waals surface area contributed by atoms with Gasteiger partial charge in [-0.1, -0.05) is 0 Å². The molecule has 0 bridgehead atoms. The Hall–Kier alpha value is -1.89. The van der Waals surface area contributed by atoms with Crippen molar-refractivity contribution >= 4 is 29.5 Å². The van der Waals surface area contributed by atoms with Crippen LogP contribution in [0.5, 0.6) is 0 Å². The number of thiophene rings is 1. The Kier molecular flexibility index (Phi) is 5.86. The van der Waals surface area contributed by atoms with Crippen molar-refractivity contribution in [2.45, 2.75) is 18.9 Å². The maximum absolute atomic E-state index is 11.0. The molecule has 0 unspecified atom stereocenters. The van der Waals surface area contributed by atoms with Crippen LogP contribution in [-0.2, 0) is 4.79 Å². The van der Waals surface area contributed by atoms with Gasteiger partial charge in [-0.05, 0) is 29.7 Å². The van der Waals surface area contributed by atoms with E-state index in [-0.39, 0.29) is 5.96 Å². The van der Waals surface area contributed by atoms with Crippen molar-refractivity contribution in [3.63, 3.8) is 0 Å². The van der Waals surface area contributed by atoms with Crippen LogP contribution >= 0.6 is 11.3 Å². The highest BCUT2D eigenvalue weighted by Crippen LogP contribution is 2.06. The van der Waals surface area contributed by atoms with Crippen LogP contribution in [0.2, 0.25) is 0 Å². The molecule has 5 N–H and O–H groups in total. The van der Waals surface area contributed by atoms with Gasteiger partial charge in [0.1, 0.15) is 6.04 Å². The molecule has 0 saturated heterocycles. The molecule has 0 fully saturated rings. The maximum atomic E-state index is 11.0. The summed E-state index contributed by atoms with van der Waals surface area (Å²) in [7, 11) is 0. The van der Waals surface area contributed by atoms with E-state index in [9.17, 15) is 4.79 Å². The van der Waals surface area contributed by atoms with Gasteiger partial charge >= 0.3 is 5.97 Å². The van der Waals surface area contributed by atoms with Gasteiger partial charge in [-0.15, -0.1) is 0 Å². The fourth-order valence-corrected chi connectivity index (χ4v) is 1.89. The smallest absolute Gasteiger partial charge is 0.328 e. The van der Waals surface area contributed by atoms with Crippen molar-refractivity contribution < 1.29 is 9.90 Å². The molecule has 1 heterocycles. The number of aliphatic imine (C=N–C) groups is 2. The topological polar surface area (TPSA) is 114 Å². The lowest BCUT2D eigenvalue weighted by atomic mass is 10.1. The second-order valence-electron chi connectivity index (χ2n) is 3.64. The van der Waals surface area contributed by atoms with Crippen LogP contribution in [0.3, 0.4) is 0 Å². The second kappa shape index (κ2) is 7.44. The van der Waals surface area contributed by atoms with E-state index in [2.05, 4.69) is 9.98 Å². The summed E-state index contributed by atoms with van der Waals surface area (Å²) in [5.41, 5.74) is 11.3. The third-order valence-corrected chi connectivity index (χ3v) is 2.86. The molecule has 0 aliphatic rings. The Bertz CT molecular complexity index is 424. The van der Waals surface area contributed by atoms with E-state index < -0.39 is 12.0 Å². The summed E-state index contributed by atoms with van der Waals surface area (Å²) in [6.07, 6.45) is 2.57. The Labute approximate surface area is 109 Å². The molecule has 6 nitrogen and oxygen atoms in total. The Balaban J connectivity index is 2.45. The summed E-state index contributed by atoms with van der Waals surface area (Å²) in [5, 5.41) is 12.8. The number of hydrogen-bond acceptors (Lipinski definition) is 4. The summed E-state index contributed by atoms with van der Waals surface area (Å²) in [4.78, 5) is 18.8. The van der Waals surface area contributed by atoms with Crippen molar-refractivity contribution in [3.05, 3.63) is 22.4 Å².